The average Bonchev–Trinajstić information content (AvgIpc) is 2.37. The number of hydrogen-bond donors (Lipinski definition) is 0. The summed E-state index contributed by atoms with van der Waals surface area (Å²) in [5, 5.41) is 1.03. The van der Waals surface area contributed by atoms with Gasteiger partial charge in [0.05, 0.1) is 0 Å². The molecule has 0 aliphatic carbocycles. The molecule has 0 amide bonds. The lowest BCUT2D eigenvalue weighted by Crippen LogP contribution is -2.33. The van der Waals surface area contributed by atoms with Crippen molar-refractivity contribution in [3.05, 3.63) is 35.9 Å². The van der Waals surface area contributed by atoms with E-state index in [0.717, 1.165) is 11.9 Å². The van der Waals surface area contributed by atoms with E-state index in [9.17, 15) is 0 Å². The van der Waals surface area contributed by atoms with Crippen LogP contribution in [0.15, 0.2) is 30.3 Å². The van der Waals surface area contributed by atoms with Crippen molar-refractivity contribution in [3.8, 4) is 0 Å². The number of likely N-dealkylation sites (N-methyl/N-ethyl adjacent to an activating group) is 1. The van der Waals surface area contributed by atoms with E-state index in [1.165, 1.54) is 18.4 Å². The van der Waals surface area contributed by atoms with Crippen LogP contribution in [-0.4, -0.2) is 29.9 Å². The first kappa shape index (κ1) is 14.7. The van der Waals surface area contributed by atoms with Crippen molar-refractivity contribution < 1.29 is 0 Å². The van der Waals surface area contributed by atoms with Crippen molar-refractivity contribution in [3.63, 3.8) is 0 Å². The molecule has 1 aromatic rings. The molecular weight excluding hydrogens is 274 g/mol. The Hall–Kier alpha value is -0.340. The minimum Gasteiger partial charge on any atom is -0.303 e. The maximum atomic E-state index is 3.64. The molecule has 0 fully saturated rings. The number of halogens is 1. The summed E-state index contributed by atoms with van der Waals surface area (Å²) in [5.41, 5.74) is 1.43. The zero-order valence-corrected chi connectivity index (χ0v) is 12.8. The summed E-state index contributed by atoms with van der Waals surface area (Å²) >= 11 is 3.64. The molecule has 0 aliphatic heterocycles. The fraction of sp³-hybridized carbons (Fsp3) is 0.600. The van der Waals surface area contributed by atoms with Gasteiger partial charge in [-0.2, -0.15) is 0 Å². The van der Waals surface area contributed by atoms with Crippen LogP contribution in [0.25, 0.3) is 0 Å². The molecule has 0 N–H and O–H groups in total. The molecule has 17 heavy (non-hydrogen) atoms. The average molecular weight is 298 g/mol. The fourth-order valence-electron chi connectivity index (χ4n) is 2.13. The highest BCUT2D eigenvalue weighted by Gasteiger charge is 2.15. The third-order valence-electron chi connectivity index (χ3n) is 3.42. The van der Waals surface area contributed by atoms with Gasteiger partial charge in [0.15, 0.2) is 0 Å². The van der Waals surface area contributed by atoms with Crippen molar-refractivity contribution in [1.82, 2.24) is 4.90 Å². The highest BCUT2D eigenvalue weighted by molar-refractivity contribution is 9.09. The molecule has 0 aromatic heterocycles. The van der Waals surface area contributed by atoms with Gasteiger partial charge in [-0.05, 0) is 26.0 Å². The lowest BCUT2D eigenvalue weighted by atomic mass is 10.00. The zero-order chi connectivity index (χ0) is 12.7. The Morgan fingerprint density at radius 3 is 2.41 bits per heavy atom. The van der Waals surface area contributed by atoms with Crippen LogP contribution in [0.5, 0.6) is 0 Å². The standard InChI is InChI=1S/C15H24BrN/c1-4-8-13(2)17(3)12-15(11-16)14-9-6-5-7-10-14/h5-7,9-10,13,15H,4,8,11-12H2,1-3H3. The summed E-state index contributed by atoms with van der Waals surface area (Å²) < 4.78 is 0. The van der Waals surface area contributed by atoms with Crippen LogP contribution in [0, 0.1) is 0 Å². The second-order valence-corrected chi connectivity index (χ2v) is 5.49. The summed E-state index contributed by atoms with van der Waals surface area (Å²) in [4.78, 5) is 2.47. The Labute approximate surface area is 114 Å². The van der Waals surface area contributed by atoms with E-state index in [0.29, 0.717) is 12.0 Å². The molecular formula is C15H24BrN. The number of alkyl halides is 1. The number of benzene rings is 1. The molecule has 2 heteroatoms. The monoisotopic (exact) mass is 297 g/mol. The molecule has 0 aliphatic rings. The van der Waals surface area contributed by atoms with E-state index in [1.54, 1.807) is 0 Å². The van der Waals surface area contributed by atoms with Crippen LogP contribution in [0.3, 0.4) is 0 Å². The number of nitrogens with zero attached hydrogens (tertiary/aromatic N) is 1. The molecule has 0 heterocycles. The van der Waals surface area contributed by atoms with Crippen molar-refractivity contribution >= 4 is 15.9 Å². The van der Waals surface area contributed by atoms with E-state index in [4.69, 9.17) is 0 Å². The second-order valence-electron chi connectivity index (χ2n) is 4.84. The molecule has 1 nitrogen and oxygen atoms in total. The topological polar surface area (TPSA) is 3.24 Å². The minimum atomic E-state index is 0.584. The summed E-state index contributed by atoms with van der Waals surface area (Å²) in [6, 6.07) is 11.5. The van der Waals surface area contributed by atoms with Gasteiger partial charge in [-0.1, -0.05) is 59.6 Å². The predicted octanol–water partition coefficient (Wildman–Crippen LogP) is 4.29. The quantitative estimate of drug-likeness (QED) is 0.679. The summed E-state index contributed by atoms with van der Waals surface area (Å²) in [6.07, 6.45) is 2.54. The molecule has 0 bridgehead atoms. The van der Waals surface area contributed by atoms with Crippen LogP contribution in [0.1, 0.15) is 38.2 Å². The van der Waals surface area contributed by atoms with E-state index >= 15 is 0 Å². The normalized spacial score (nSPS) is 14.9. The smallest absolute Gasteiger partial charge is 0.0112 e. The van der Waals surface area contributed by atoms with Gasteiger partial charge in [0, 0.05) is 23.8 Å². The summed E-state index contributed by atoms with van der Waals surface area (Å²) in [7, 11) is 2.24. The molecule has 96 valence electrons. The van der Waals surface area contributed by atoms with Crippen molar-refractivity contribution in [1.29, 1.82) is 0 Å². The highest BCUT2D eigenvalue weighted by atomic mass is 79.9. The third-order valence-corrected chi connectivity index (χ3v) is 4.21. The van der Waals surface area contributed by atoms with Crippen LogP contribution in [0.4, 0.5) is 0 Å². The summed E-state index contributed by atoms with van der Waals surface area (Å²) in [5.74, 6) is 0.584. The van der Waals surface area contributed by atoms with Crippen molar-refractivity contribution in [2.75, 3.05) is 18.9 Å². The molecule has 0 radical (unpaired) electrons. The van der Waals surface area contributed by atoms with Crippen LogP contribution < -0.4 is 0 Å². The molecule has 2 unspecified atom stereocenters. The van der Waals surface area contributed by atoms with E-state index in [2.05, 4.69) is 72.1 Å². The Balaban J connectivity index is 2.58. The lowest BCUT2D eigenvalue weighted by Gasteiger charge is -2.28. The molecule has 0 saturated carbocycles. The van der Waals surface area contributed by atoms with E-state index in [-0.39, 0.29) is 0 Å². The first-order chi connectivity index (χ1) is 8.19. The first-order valence-electron chi connectivity index (χ1n) is 6.50. The maximum absolute atomic E-state index is 3.64. The third kappa shape index (κ3) is 4.81. The molecule has 0 spiro atoms. The van der Waals surface area contributed by atoms with Crippen LogP contribution in [-0.2, 0) is 0 Å². The van der Waals surface area contributed by atoms with Gasteiger partial charge in [0.25, 0.3) is 0 Å². The van der Waals surface area contributed by atoms with Gasteiger partial charge in [-0.25, -0.2) is 0 Å². The van der Waals surface area contributed by atoms with Gasteiger partial charge in [-0.15, -0.1) is 0 Å². The summed E-state index contributed by atoms with van der Waals surface area (Å²) in [6.45, 7) is 5.69. The molecule has 1 aromatic carbocycles. The first-order valence-corrected chi connectivity index (χ1v) is 7.62. The van der Waals surface area contributed by atoms with E-state index < -0.39 is 0 Å². The van der Waals surface area contributed by atoms with Crippen molar-refractivity contribution in [2.24, 2.45) is 0 Å². The fourth-order valence-corrected chi connectivity index (χ4v) is 2.71. The molecule has 2 atom stereocenters. The van der Waals surface area contributed by atoms with E-state index in [1.807, 2.05) is 0 Å². The molecule has 1 rings (SSSR count). The van der Waals surface area contributed by atoms with Crippen molar-refractivity contribution in [2.45, 2.75) is 38.6 Å². The second kappa shape index (κ2) is 7.88. The number of hydrogen-bond acceptors (Lipinski definition) is 1. The Morgan fingerprint density at radius 1 is 1.24 bits per heavy atom. The van der Waals surface area contributed by atoms with Gasteiger partial charge < -0.3 is 4.90 Å². The molecule has 0 saturated heterocycles. The van der Waals surface area contributed by atoms with Crippen LogP contribution >= 0.6 is 15.9 Å². The number of rotatable bonds is 7. The van der Waals surface area contributed by atoms with Crippen LogP contribution in [0.2, 0.25) is 0 Å². The highest BCUT2D eigenvalue weighted by Crippen LogP contribution is 2.20. The Morgan fingerprint density at radius 2 is 1.88 bits per heavy atom. The lowest BCUT2D eigenvalue weighted by molar-refractivity contribution is 0.235. The van der Waals surface area contributed by atoms with Gasteiger partial charge in [0.2, 0.25) is 0 Å². The zero-order valence-electron chi connectivity index (χ0n) is 11.2. The largest absolute Gasteiger partial charge is 0.303 e. The SMILES string of the molecule is CCCC(C)N(C)CC(CBr)c1ccccc1. The minimum absolute atomic E-state index is 0.584. The van der Waals surface area contributed by atoms with Gasteiger partial charge >= 0.3 is 0 Å². The van der Waals surface area contributed by atoms with Gasteiger partial charge in [0.1, 0.15) is 0 Å². The Bertz CT molecular complexity index is 299. The predicted molar refractivity (Wildman–Crippen MR) is 80.0 cm³/mol. The Kier molecular flexibility index (Phi) is 6.83. The van der Waals surface area contributed by atoms with Gasteiger partial charge in [-0.3, -0.25) is 0 Å². The maximum Gasteiger partial charge on any atom is 0.0112 e.